The van der Waals surface area contributed by atoms with E-state index in [4.69, 9.17) is 9.88 Å². The maximum atomic E-state index is 12.1. The number of hydrogen-bond donors (Lipinski definition) is 1. The number of rotatable bonds is 6. The third kappa shape index (κ3) is 4.46. The number of carbonyl (C=O) groups is 1. The van der Waals surface area contributed by atoms with Crippen molar-refractivity contribution in [1.29, 1.82) is 0 Å². The lowest BCUT2D eigenvalue weighted by atomic mass is 10.1. The summed E-state index contributed by atoms with van der Waals surface area (Å²) in [5.74, 6) is -0.381. The van der Waals surface area contributed by atoms with Gasteiger partial charge < -0.3 is 4.74 Å². The molecule has 1 heterocycles. The van der Waals surface area contributed by atoms with Crippen molar-refractivity contribution in [2.24, 2.45) is 22.5 Å². The van der Waals surface area contributed by atoms with Gasteiger partial charge >= 0.3 is 0 Å². The number of methoxy groups -OCH3 is 1. The van der Waals surface area contributed by atoms with Gasteiger partial charge in [0.15, 0.2) is 0 Å². The molecule has 2 atom stereocenters. The van der Waals surface area contributed by atoms with Gasteiger partial charge in [-0.1, -0.05) is 13.0 Å². The number of aromatic nitrogens is 2. The van der Waals surface area contributed by atoms with Crippen LogP contribution in [0.4, 0.5) is 0 Å². The van der Waals surface area contributed by atoms with Crippen molar-refractivity contribution in [2.45, 2.75) is 13.3 Å². The van der Waals surface area contributed by atoms with Crippen molar-refractivity contribution in [2.75, 3.05) is 12.9 Å². The van der Waals surface area contributed by atoms with Crippen LogP contribution in [0.3, 0.4) is 0 Å². The lowest BCUT2D eigenvalue weighted by Gasteiger charge is -2.09. The molecule has 1 aromatic rings. The van der Waals surface area contributed by atoms with E-state index in [1.807, 2.05) is 6.92 Å². The summed E-state index contributed by atoms with van der Waals surface area (Å²) in [5, 5.41) is 9.56. The van der Waals surface area contributed by atoms with Crippen molar-refractivity contribution >= 4 is 15.8 Å². The van der Waals surface area contributed by atoms with Gasteiger partial charge in [0.1, 0.15) is 15.5 Å². The maximum Gasteiger partial charge on any atom is 0.293 e. The predicted molar refractivity (Wildman–Crippen MR) is 77.7 cm³/mol. The molecule has 1 rings (SSSR count). The van der Waals surface area contributed by atoms with E-state index in [1.54, 1.807) is 13.1 Å². The summed E-state index contributed by atoms with van der Waals surface area (Å²) in [6.45, 7) is 5.48. The van der Waals surface area contributed by atoms with E-state index in [0.717, 1.165) is 0 Å². The second kappa shape index (κ2) is 6.67. The molecule has 0 radical (unpaired) electrons. The summed E-state index contributed by atoms with van der Waals surface area (Å²) in [7, 11) is -0.0431. The third-order valence-corrected chi connectivity index (χ3v) is 4.07. The molecule has 0 aliphatic heterocycles. The van der Waals surface area contributed by atoms with Crippen molar-refractivity contribution in [3.63, 3.8) is 0 Å². The van der Waals surface area contributed by atoms with Crippen molar-refractivity contribution in [1.82, 2.24) is 9.78 Å². The summed E-state index contributed by atoms with van der Waals surface area (Å²) >= 11 is 0. The van der Waals surface area contributed by atoms with Gasteiger partial charge in [0.2, 0.25) is 5.88 Å². The molecule has 0 saturated heterocycles. The quantitative estimate of drug-likeness (QED) is 0.796. The second-order valence-electron chi connectivity index (χ2n) is 4.61. The molecule has 7 nitrogen and oxygen atoms in total. The molecule has 0 aliphatic rings. The number of carbonyl (C=O) groups excluding carboxylic acids is 1. The number of ether oxygens (including phenoxy) is 1. The van der Waals surface area contributed by atoms with Gasteiger partial charge in [0.25, 0.3) is 5.91 Å². The van der Waals surface area contributed by atoms with E-state index >= 15 is 0 Å². The average molecular weight is 300 g/mol. The summed E-state index contributed by atoms with van der Waals surface area (Å²) in [5.41, 5.74) is 0.143. The minimum atomic E-state index is -3.08. The molecule has 1 unspecified atom stereocenters. The maximum absolute atomic E-state index is 12.1. The molecular formula is C12H20N4O3S. The molecule has 2 N–H and O–H groups in total. The summed E-state index contributed by atoms with van der Waals surface area (Å²) in [6.07, 6.45) is 3.83. The van der Waals surface area contributed by atoms with Gasteiger partial charge in [-0.25, -0.2) is 9.35 Å². The highest BCUT2D eigenvalue weighted by Crippen LogP contribution is 2.17. The van der Waals surface area contributed by atoms with E-state index in [-0.39, 0.29) is 23.1 Å². The van der Waals surface area contributed by atoms with Crippen LogP contribution in [0.1, 0.15) is 23.7 Å². The Morgan fingerprint density at radius 3 is 2.95 bits per heavy atom. The fourth-order valence-corrected chi connectivity index (χ4v) is 3.16. The first-order valence-electron chi connectivity index (χ1n) is 6.04. The first-order valence-corrected chi connectivity index (χ1v) is 7.79. The molecule has 1 amide bonds. The Balaban J connectivity index is 2.99. The highest BCUT2D eigenvalue weighted by atomic mass is 32.2. The molecule has 20 heavy (non-hydrogen) atoms. The summed E-state index contributed by atoms with van der Waals surface area (Å²) in [6, 6.07) is 0. The van der Waals surface area contributed by atoms with Crippen LogP contribution in [0.25, 0.3) is 0 Å². The van der Waals surface area contributed by atoms with Gasteiger partial charge in [-0.05, 0) is 12.3 Å². The number of amides is 1. The molecule has 0 aliphatic carbocycles. The zero-order chi connectivity index (χ0) is 15.3. The summed E-state index contributed by atoms with van der Waals surface area (Å²) in [4.78, 5) is 12.0. The van der Waals surface area contributed by atoms with Gasteiger partial charge in [-0.3, -0.25) is 9.48 Å². The molecule has 1 aromatic heterocycles. The Labute approximate surface area is 119 Å². The lowest BCUT2D eigenvalue weighted by Crippen LogP contribution is -2.23. The first kappa shape index (κ1) is 16.4. The number of nitrogens with two attached hydrogens (primary N) is 1. The Kier molecular flexibility index (Phi) is 5.46. The monoisotopic (exact) mass is 300 g/mol. The van der Waals surface area contributed by atoms with Crippen molar-refractivity contribution in [3.8, 4) is 5.88 Å². The molecule has 0 spiro atoms. The van der Waals surface area contributed by atoms with Crippen LogP contribution in [0.15, 0.2) is 23.2 Å². The minimum absolute atomic E-state index is 0.0392. The smallest absolute Gasteiger partial charge is 0.293 e. The van der Waals surface area contributed by atoms with Crippen LogP contribution in [0, 0.1) is 5.92 Å². The van der Waals surface area contributed by atoms with Gasteiger partial charge in [-0.2, -0.15) is 0 Å². The van der Waals surface area contributed by atoms with Gasteiger partial charge in [0, 0.05) is 19.0 Å². The van der Waals surface area contributed by atoms with Crippen LogP contribution in [0.5, 0.6) is 5.88 Å². The van der Waals surface area contributed by atoms with Crippen molar-refractivity contribution in [3.05, 3.63) is 24.4 Å². The zero-order valence-corrected chi connectivity index (χ0v) is 12.7. The van der Waals surface area contributed by atoms with E-state index in [9.17, 15) is 9.00 Å². The Bertz CT molecular complexity index is 614. The second-order valence-corrected chi connectivity index (χ2v) is 6.50. The average Bonchev–Trinajstić information content (AvgIpc) is 2.69. The summed E-state index contributed by atoms with van der Waals surface area (Å²) < 4.78 is 22.2. The fourth-order valence-electron chi connectivity index (χ4n) is 1.75. The number of hydrogen-bond acceptors (Lipinski definition) is 4. The molecule has 0 aromatic carbocycles. The Morgan fingerprint density at radius 2 is 2.40 bits per heavy atom. The van der Waals surface area contributed by atoms with Crippen LogP contribution in [-0.2, 0) is 17.0 Å². The lowest BCUT2D eigenvalue weighted by molar-refractivity contribution is 0.100. The topological polar surface area (TPSA) is 99.6 Å². The standard InChI is InChI=1S/C12H20N4O3S/c1-5-6-9(2)8-20(13,18)15-11(17)10-7-16(3)14-12(10)19-4/h5,7,9H,1,6,8H2,2-4H3,(H2,13,15,17,18)/t9-,20?/m0/s1. The Hall–Kier alpha value is -1.67. The molecule has 112 valence electrons. The molecule has 8 heteroatoms. The minimum Gasteiger partial charge on any atom is -0.479 e. The molecular weight excluding hydrogens is 280 g/mol. The SMILES string of the molecule is C=CC[C@H](C)CS(N)(=O)=NC(=O)c1cn(C)nc1OC. The van der Waals surface area contributed by atoms with Crippen LogP contribution < -0.4 is 9.88 Å². The molecule has 0 saturated carbocycles. The zero-order valence-electron chi connectivity index (χ0n) is 11.9. The Morgan fingerprint density at radius 1 is 1.75 bits per heavy atom. The van der Waals surface area contributed by atoms with E-state index < -0.39 is 15.8 Å². The first-order chi connectivity index (χ1) is 9.29. The van der Waals surface area contributed by atoms with Crippen LogP contribution >= 0.6 is 0 Å². The van der Waals surface area contributed by atoms with Gasteiger partial charge in [-0.15, -0.1) is 16.0 Å². The largest absolute Gasteiger partial charge is 0.479 e. The number of nitrogens with zero attached hydrogens (tertiary/aromatic N) is 3. The predicted octanol–water partition coefficient (Wildman–Crippen LogP) is 1.12. The van der Waals surface area contributed by atoms with Crippen molar-refractivity contribution < 1.29 is 13.7 Å². The normalized spacial score (nSPS) is 15.2. The van der Waals surface area contributed by atoms with Gasteiger partial charge in [0.05, 0.1) is 7.11 Å². The van der Waals surface area contributed by atoms with Crippen LogP contribution in [-0.4, -0.2) is 32.8 Å². The third-order valence-electron chi connectivity index (χ3n) is 2.55. The highest BCUT2D eigenvalue weighted by molar-refractivity contribution is 7.91. The van der Waals surface area contributed by atoms with E-state index in [2.05, 4.69) is 16.0 Å². The number of allylic oxidation sites excluding steroid dienone is 1. The highest BCUT2D eigenvalue weighted by Gasteiger charge is 2.18. The fraction of sp³-hybridized carbons (Fsp3) is 0.500. The molecule has 0 fully saturated rings. The molecule has 0 bridgehead atoms. The number of aryl methyl sites for hydroxylation is 1. The van der Waals surface area contributed by atoms with E-state index in [0.29, 0.717) is 6.42 Å². The van der Waals surface area contributed by atoms with Crippen LogP contribution in [0.2, 0.25) is 0 Å². The van der Waals surface area contributed by atoms with E-state index in [1.165, 1.54) is 18.0 Å².